The fraction of sp³-hybridized carbons (Fsp3) is 0.375. The molecule has 1 fully saturated rings. The van der Waals surface area contributed by atoms with Crippen molar-refractivity contribution in [3.05, 3.63) is 52.4 Å². The van der Waals surface area contributed by atoms with Crippen molar-refractivity contribution in [1.82, 2.24) is 10.1 Å². The fourth-order valence-electron chi connectivity index (χ4n) is 2.79. The largest absolute Gasteiger partial charge is 0.361 e. The van der Waals surface area contributed by atoms with Crippen molar-refractivity contribution in [2.45, 2.75) is 32.2 Å². The van der Waals surface area contributed by atoms with Crippen LogP contribution in [0.4, 0.5) is 0 Å². The smallest absolute Gasteiger partial charge is 0.227 e. The highest BCUT2D eigenvalue weighted by atomic mass is 35.5. The second-order valence-electron chi connectivity index (χ2n) is 5.41. The maximum atomic E-state index is 12.5. The number of aryl methyl sites for hydroxylation is 1. The van der Waals surface area contributed by atoms with Gasteiger partial charge in [-0.3, -0.25) is 4.79 Å². The molecule has 1 aromatic carbocycles. The van der Waals surface area contributed by atoms with E-state index in [4.69, 9.17) is 16.1 Å². The highest BCUT2D eigenvalue weighted by Gasteiger charge is 2.31. The van der Waals surface area contributed by atoms with Gasteiger partial charge in [-0.2, -0.15) is 0 Å². The second-order valence-corrected chi connectivity index (χ2v) is 5.85. The lowest BCUT2D eigenvalue weighted by atomic mass is 10.1. The Labute approximate surface area is 128 Å². The van der Waals surface area contributed by atoms with Gasteiger partial charge in [0.05, 0.1) is 12.5 Å². The zero-order valence-electron chi connectivity index (χ0n) is 11.9. The van der Waals surface area contributed by atoms with Gasteiger partial charge < -0.3 is 9.42 Å². The zero-order valence-corrected chi connectivity index (χ0v) is 12.6. The number of benzene rings is 1. The van der Waals surface area contributed by atoms with Crippen LogP contribution in [0.5, 0.6) is 0 Å². The van der Waals surface area contributed by atoms with Crippen molar-refractivity contribution in [3.8, 4) is 0 Å². The van der Waals surface area contributed by atoms with Crippen molar-refractivity contribution >= 4 is 17.5 Å². The van der Waals surface area contributed by atoms with E-state index in [0.29, 0.717) is 11.4 Å². The SMILES string of the molecule is Cc1cc([C@@H]2CCCN2C(=O)Cc2ccc(Cl)cc2)no1. The van der Waals surface area contributed by atoms with E-state index in [1.54, 1.807) is 0 Å². The second kappa shape index (κ2) is 5.90. The van der Waals surface area contributed by atoms with Crippen LogP contribution in [-0.2, 0) is 11.2 Å². The number of nitrogens with zero attached hydrogens (tertiary/aromatic N) is 2. The summed E-state index contributed by atoms with van der Waals surface area (Å²) in [6, 6.07) is 9.37. The summed E-state index contributed by atoms with van der Waals surface area (Å²) < 4.78 is 5.13. The molecule has 0 saturated carbocycles. The monoisotopic (exact) mass is 304 g/mol. The van der Waals surface area contributed by atoms with E-state index in [1.165, 1.54) is 0 Å². The third-order valence-electron chi connectivity index (χ3n) is 3.83. The van der Waals surface area contributed by atoms with Crippen molar-refractivity contribution < 1.29 is 9.32 Å². The molecule has 0 radical (unpaired) electrons. The summed E-state index contributed by atoms with van der Waals surface area (Å²) in [6.07, 6.45) is 2.34. The summed E-state index contributed by atoms with van der Waals surface area (Å²) in [7, 11) is 0. The minimum atomic E-state index is 0.0438. The molecule has 1 aromatic heterocycles. The molecule has 1 aliphatic rings. The summed E-state index contributed by atoms with van der Waals surface area (Å²) in [6.45, 7) is 2.65. The summed E-state index contributed by atoms with van der Waals surface area (Å²) >= 11 is 5.87. The lowest BCUT2D eigenvalue weighted by Crippen LogP contribution is -2.32. The topological polar surface area (TPSA) is 46.3 Å². The van der Waals surface area contributed by atoms with E-state index in [-0.39, 0.29) is 11.9 Å². The molecule has 2 aromatic rings. The molecule has 1 atom stereocenters. The van der Waals surface area contributed by atoms with Gasteiger partial charge in [-0.1, -0.05) is 28.9 Å². The number of carbonyl (C=O) groups excluding carboxylic acids is 1. The normalized spacial score (nSPS) is 18.2. The van der Waals surface area contributed by atoms with E-state index < -0.39 is 0 Å². The average molecular weight is 305 g/mol. The molecule has 2 heterocycles. The third kappa shape index (κ3) is 3.10. The van der Waals surface area contributed by atoms with E-state index >= 15 is 0 Å². The van der Waals surface area contributed by atoms with Gasteiger partial charge in [0.15, 0.2) is 0 Å². The molecule has 4 nitrogen and oxygen atoms in total. The molecule has 3 rings (SSSR count). The Morgan fingerprint density at radius 3 is 2.86 bits per heavy atom. The predicted octanol–water partition coefficient (Wildman–Crippen LogP) is 3.54. The highest BCUT2D eigenvalue weighted by molar-refractivity contribution is 6.30. The van der Waals surface area contributed by atoms with Gasteiger partial charge in [-0.15, -0.1) is 0 Å². The fourth-order valence-corrected chi connectivity index (χ4v) is 2.92. The Morgan fingerprint density at radius 2 is 2.19 bits per heavy atom. The number of likely N-dealkylation sites (tertiary alicyclic amines) is 1. The van der Waals surface area contributed by atoms with Gasteiger partial charge in [-0.25, -0.2) is 0 Å². The van der Waals surface area contributed by atoms with E-state index in [2.05, 4.69) is 5.16 Å². The quantitative estimate of drug-likeness (QED) is 0.871. The lowest BCUT2D eigenvalue weighted by molar-refractivity contribution is -0.131. The van der Waals surface area contributed by atoms with Crippen LogP contribution >= 0.6 is 11.6 Å². The Kier molecular flexibility index (Phi) is 3.97. The zero-order chi connectivity index (χ0) is 14.8. The number of rotatable bonds is 3. The van der Waals surface area contributed by atoms with Gasteiger partial charge in [-0.05, 0) is 37.5 Å². The summed E-state index contributed by atoms with van der Waals surface area (Å²) in [5, 5.41) is 4.75. The summed E-state index contributed by atoms with van der Waals surface area (Å²) in [5.41, 5.74) is 1.83. The van der Waals surface area contributed by atoms with Gasteiger partial charge in [0.1, 0.15) is 11.5 Å². The first-order chi connectivity index (χ1) is 10.1. The molecule has 1 aliphatic heterocycles. The molecule has 0 spiro atoms. The molecular formula is C16H17ClN2O2. The van der Waals surface area contributed by atoms with Crippen LogP contribution in [0, 0.1) is 6.92 Å². The number of hydrogen-bond donors (Lipinski definition) is 0. The Morgan fingerprint density at radius 1 is 1.43 bits per heavy atom. The van der Waals surface area contributed by atoms with Crippen molar-refractivity contribution in [2.24, 2.45) is 0 Å². The van der Waals surface area contributed by atoms with Crippen molar-refractivity contribution in [1.29, 1.82) is 0 Å². The van der Waals surface area contributed by atoms with Crippen LogP contribution in [0.15, 0.2) is 34.9 Å². The Balaban J connectivity index is 1.72. The van der Waals surface area contributed by atoms with Gasteiger partial charge in [0.25, 0.3) is 0 Å². The molecule has 0 unspecified atom stereocenters. The number of carbonyl (C=O) groups is 1. The Bertz CT molecular complexity index is 636. The van der Waals surface area contributed by atoms with Gasteiger partial charge in [0.2, 0.25) is 5.91 Å². The first-order valence-corrected chi connectivity index (χ1v) is 7.48. The van der Waals surface area contributed by atoms with Crippen LogP contribution < -0.4 is 0 Å². The lowest BCUT2D eigenvalue weighted by Gasteiger charge is -2.23. The van der Waals surface area contributed by atoms with E-state index in [0.717, 1.165) is 36.4 Å². The molecule has 1 amide bonds. The van der Waals surface area contributed by atoms with Gasteiger partial charge >= 0.3 is 0 Å². The molecule has 0 N–H and O–H groups in total. The molecule has 0 bridgehead atoms. The molecule has 5 heteroatoms. The number of hydrogen-bond acceptors (Lipinski definition) is 3. The molecule has 0 aliphatic carbocycles. The number of amides is 1. The van der Waals surface area contributed by atoms with E-state index in [9.17, 15) is 4.79 Å². The minimum absolute atomic E-state index is 0.0438. The van der Waals surface area contributed by atoms with Crippen LogP contribution in [0.25, 0.3) is 0 Å². The van der Waals surface area contributed by atoms with Crippen LogP contribution in [-0.4, -0.2) is 22.5 Å². The maximum absolute atomic E-state index is 12.5. The first kappa shape index (κ1) is 14.1. The van der Waals surface area contributed by atoms with Crippen molar-refractivity contribution in [2.75, 3.05) is 6.54 Å². The van der Waals surface area contributed by atoms with E-state index in [1.807, 2.05) is 42.2 Å². The molecule has 110 valence electrons. The summed E-state index contributed by atoms with van der Waals surface area (Å²) in [4.78, 5) is 14.4. The van der Waals surface area contributed by atoms with Crippen LogP contribution in [0.3, 0.4) is 0 Å². The van der Waals surface area contributed by atoms with Gasteiger partial charge in [0, 0.05) is 17.6 Å². The van der Waals surface area contributed by atoms with Crippen LogP contribution in [0.1, 0.15) is 35.9 Å². The highest BCUT2D eigenvalue weighted by Crippen LogP contribution is 2.32. The van der Waals surface area contributed by atoms with Crippen LogP contribution in [0.2, 0.25) is 5.02 Å². The number of halogens is 1. The average Bonchev–Trinajstić information content (AvgIpc) is 3.09. The Hall–Kier alpha value is -1.81. The first-order valence-electron chi connectivity index (χ1n) is 7.10. The summed E-state index contributed by atoms with van der Waals surface area (Å²) in [5.74, 6) is 0.905. The predicted molar refractivity (Wildman–Crippen MR) is 80.1 cm³/mol. The standard InChI is InChI=1S/C16H17ClN2O2/c1-11-9-14(18-21-11)15-3-2-8-19(15)16(20)10-12-4-6-13(17)7-5-12/h4-7,9,15H,2-3,8,10H2,1H3/t15-/m0/s1. The van der Waals surface area contributed by atoms with Crippen molar-refractivity contribution in [3.63, 3.8) is 0 Å². The molecule has 1 saturated heterocycles. The third-order valence-corrected chi connectivity index (χ3v) is 4.08. The minimum Gasteiger partial charge on any atom is -0.361 e. The number of aromatic nitrogens is 1. The molecule has 21 heavy (non-hydrogen) atoms. The molecular weight excluding hydrogens is 288 g/mol. The maximum Gasteiger partial charge on any atom is 0.227 e.